The van der Waals surface area contributed by atoms with Crippen molar-refractivity contribution in [2.75, 3.05) is 28.4 Å². The summed E-state index contributed by atoms with van der Waals surface area (Å²) >= 11 is 0. The average Bonchev–Trinajstić information content (AvgIpc) is 3.16. The van der Waals surface area contributed by atoms with Crippen LogP contribution in [0.3, 0.4) is 0 Å². The van der Waals surface area contributed by atoms with Gasteiger partial charge in [-0.05, 0) is 95.1 Å². The summed E-state index contributed by atoms with van der Waals surface area (Å²) in [6.07, 6.45) is 10.9. The van der Waals surface area contributed by atoms with Crippen molar-refractivity contribution >= 4 is 47.4 Å². The van der Waals surface area contributed by atoms with E-state index in [0.717, 1.165) is 0 Å². The number of ketones is 4. The van der Waals surface area contributed by atoms with E-state index in [1.54, 1.807) is 72.8 Å². The molecule has 0 fully saturated rings. The van der Waals surface area contributed by atoms with Crippen molar-refractivity contribution in [1.29, 1.82) is 0 Å². The van der Waals surface area contributed by atoms with Crippen LogP contribution in [0.15, 0.2) is 97.1 Å². The summed E-state index contributed by atoms with van der Waals surface area (Å²) in [6.45, 7) is 0. The predicted molar refractivity (Wildman–Crippen MR) is 204 cm³/mol. The van der Waals surface area contributed by atoms with Gasteiger partial charge >= 0.3 is 0 Å². The van der Waals surface area contributed by atoms with Crippen molar-refractivity contribution in [3.05, 3.63) is 119 Å². The fraction of sp³-hybridized carbons (Fsp3) is 0.143. The Hall–Kier alpha value is -7.08. The standard InChI is InChI=1S/2C21H20O6/c2*1-26-20-11-14(5-9-18(20)24)3-7-16(22)13-17(23)8-4-15-6-10-19(25)21(12-15)27-2/h2*3-12,24-25H,13H2,1-2H3/b7-3+,8-4+;. The molecule has 0 aromatic heterocycles. The summed E-state index contributed by atoms with van der Waals surface area (Å²) in [6, 6.07) is 18.7. The zero-order valence-corrected chi connectivity index (χ0v) is 30.0. The summed E-state index contributed by atoms with van der Waals surface area (Å²) in [7, 11) is 5.73. The molecule has 0 saturated heterocycles. The van der Waals surface area contributed by atoms with Crippen LogP contribution >= 0.6 is 0 Å². The summed E-state index contributed by atoms with van der Waals surface area (Å²) in [5.41, 5.74) is 2.66. The van der Waals surface area contributed by atoms with Crippen LogP contribution in [0.1, 0.15) is 35.1 Å². The van der Waals surface area contributed by atoms with Gasteiger partial charge in [-0.3, -0.25) is 19.2 Å². The molecule has 0 saturated carbocycles. The van der Waals surface area contributed by atoms with Crippen LogP contribution in [0.25, 0.3) is 24.3 Å². The second-order valence-corrected chi connectivity index (χ2v) is 11.3. The van der Waals surface area contributed by atoms with Gasteiger partial charge in [0.1, 0.15) is 0 Å². The van der Waals surface area contributed by atoms with Crippen molar-refractivity contribution in [3.8, 4) is 46.0 Å². The van der Waals surface area contributed by atoms with E-state index in [1.165, 1.54) is 77.0 Å². The van der Waals surface area contributed by atoms with Crippen molar-refractivity contribution < 1.29 is 58.6 Å². The monoisotopic (exact) mass is 736 g/mol. The molecule has 0 spiro atoms. The van der Waals surface area contributed by atoms with Crippen LogP contribution in [-0.4, -0.2) is 72.0 Å². The third kappa shape index (κ3) is 13.2. The molecule has 4 N–H and O–H groups in total. The second-order valence-electron chi connectivity index (χ2n) is 11.3. The fourth-order valence-corrected chi connectivity index (χ4v) is 4.53. The highest BCUT2D eigenvalue weighted by Crippen LogP contribution is 2.29. The lowest BCUT2D eigenvalue weighted by atomic mass is 10.1. The van der Waals surface area contributed by atoms with Gasteiger partial charge in [0.2, 0.25) is 0 Å². The normalized spacial score (nSPS) is 11.0. The number of rotatable bonds is 16. The Balaban J connectivity index is 0.000000290. The molecule has 0 aliphatic rings. The van der Waals surface area contributed by atoms with Crippen LogP contribution in [-0.2, 0) is 19.2 Å². The number of hydrogen-bond donors (Lipinski definition) is 4. The second kappa shape index (κ2) is 20.7. The lowest BCUT2D eigenvalue weighted by molar-refractivity contribution is -0.123. The number of aromatic hydroxyl groups is 4. The number of hydrogen-bond acceptors (Lipinski definition) is 12. The molecule has 12 nitrogen and oxygen atoms in total. The van der Waals surface area contributed by atoms with Gasteiger partial charge in [-0.15, -0.1) is 0 Å². The van der Waals surface area contributed by atoms with E-state index in [-0.39, 0.29) is 59.0 Å². The lowest BCUT2D eigenvalue weighted by Gasteiger charge is -2.03. The predicted octanol–water partition coefficient (Wildman–Crippen LogP) is 6.74. The number of carbonyl (C=O) groups is 4. The van der Waals surface area contributed by atoms with Crippen molar-refractivity contribution in [1.82, 2.24) is 0 Å². The van der Waals surface area contributed by atoms with Crippen LogP contribution in [0, 0.1) is 0 Å². The van der Waals surface area contributed by atoms with Crippen LogP contribution in [0.2, 0.25) is 0 Å². The quantitative estimate of drug-likeness (QED) is 0.0702. The van der Waals surface area contributed by atoms with Crippen molar-refractivity contribution in [3.63, 3.8) is 0 Å². The maximum absolute atomic E-state index is 11.9. The van der Waals surface area contributed by atoms with Gasteiger partial charge in [0, 0.05) is 0 Å². The number of phenolic OH excluding ortho intramolecular Hbond substituents is 4. The molecule has 0 bridgehead atoms. The summed E-state index contributed by atoms with van der Waals surface area (Å²) in [5.74, 6) is -0.166. The molecule has 0 aliphatic carbocycles. The summed E-state index contributed by atoms with van der Waals surface area (Å²) in [4.78, 5) is 47.7. The molecule has 0 unspecified atom stereocenters. The van der Waals surface area contributed by atoms with Crippen molar-refractivity contribution in [2.45, 2.75) is 12.8 Å². The average molecular weight is 737 g/mol. The van der Waals surface area contributed by atoms with E-state index in [2.05, 4.69) is 0 Å². The SMILES string of the molecule is COc1cc(/C=C/C(=O)CC(=O)/C=C/c2ccc(O)c(OC)c2)ccc1O.COc1cc(C=CC(=O)CC(=O)C=Cc2ccc(O)c(OC)c2)ccc1O. The highest BCUT2D eigenvalue weighted by molar-refractivity contribution is 6.11. The lowest BCUT2D eigenvalue weighted by Crippen LogP contribution is -2.01. The topological polar surface area (TPSA) is 186 Å². The number of benzene rings is 4. The maximum Gasteiger partial charge on any atom is 0.163 e. The van der Waals surface area contributed by atoms with E-state index in [1.807, 2.05) is 0 Å². The van der Waals surface area contributed by atoms with E-state index in [9.17, 15) is 39.6 Å². The Morgan fingerprint density at radius 1 is 0.407 bits per heavy atom. The molecular weight excluding hydrogens is 696 g/mol. The Morgan fingerprint density at radius 3 is 0.796 bits per heavy atom. The molecule has 0 radical (unpaired) electrons. The van der Waals surface area contributed by atoms with E-state index >= 15 is 0 Å². The zero-order valence-electron chi connectivity index (χ0n) is 30.0. The molecule has 280 valence electrons. The molecule has 0 aliphatic heterocycles. The molecule has 12 heteroatoms. The minimum Gasteiger partial charge on any atom is -0.504 e. The summed E-state index contributed by atoms with van der Waals surface area (Å²) < 4.78 is 20.0. The van der Waals surface area contributed by atoms with Gasteiger partial charge in [0.15, 0.2) is 69.1 Å². The first-order valence-electron chi connectivity index (χ1n) is 16.2. The van der Waals surface area contributed by atoms with Gasteiger partial charge in [-0.25, -0.2) is 0 Å². The van der Waals surface area contributed by atoms with Crippen LogP contribution < -0.4 is 18.9 Å². The maximum atomic E-state index is 11.9. The van der Waals surface area contributed by atoms with Crippen LogP contribution in [0.5, 0.6) is 46.0 Å². The van der Waals surface area contributed by atoms with Gasteiger partial charge in [-0.2, -0.15) is 0 Å². The Labute approximate surface area is 312 Å². The van der Waals surface area contributed by atoms with Crippen LogP contribution in [0.4, 0.5) is 0 Å². The smallest absolute Gasteiger partial charge is 0.163 e. The first-order chi connectivity index (χ1) is 25.8. The first-order valence-corrected chi connectivity index (χ1v) is 16.2. The number of ether oxygens (including phenoxy) is 4. The molecule has 0 heterocycles. The minimum atomic E-state index is -0.347. The van der Waals surface area contributed by atoms with Gasteiger partial charge < -0.3 is 39.4 Å². The molecule has 4 aromatic carbocycles. The van der Waals surface area contributed by atoms with E-state index in [0.29, 0.717) is 45.3 Å². The number of carbonyl (C=O) groups excluding carboxylic acids is 4. The Kier molecular flexibility index (Phi) is 15.8. The number of phenols is 4. The Morgan fingerprint density at radius 2 is 0.611 bits per heavy atom. The van der Waals surface area contributed by atoms with Gasteiger partial charge in [0.25, 0.3) is 0 Å². The Bertz CT molecular complexity index is 1790. The molecular formula is C42H40O12. The first kappa shape index (κ1) is 41.3. The van der Waals surface area contributed by atoms with Gasteiger partial charge in [-0.1, -0.05) is 48.6 Å². The molecule has 54 heavy (non-hydrogen) atoms. The van der Waals surface area contributed by atoms with E-state index < -0.39 is 0 Å². The minimum absolute atomic E-state index is 0.00662. The fourth-order valence-electron chi connectivity index (χ4n) is 4.53. The molecule has 0 amide bonds. The third-order valence-electron chi connectivity index (χ3n) is 7.36. The molecule has 0 atom stereocenters. The summed E-state index contributed by atoms with van der Waals surface area (Å²) in [5, 5.41) is 38.2. The zero-order chi connectivity index (χ0) is 39.6. The number of allylic oxidation sites excluding steroid dienone is 4. The van der Waals surface area contributed by atoms with Gasteiger partial charge in [0.05, 0.1) is 41.3 Å². The molecule has 4 aromatic rings. The number of methoxy groups -OCH3 is 4. The largest absolute Gasteiger partial charge is 0.504 e. The highest BCUT2D eigenvalue weighted by atomic mass is 16.5. The van der Waals surface area contributed by atoms with Crippen molar-refractivity contribution in [2.24, 2.45) is 0 Å². The molecule has 4 rings (SSSR count). The third-order valence-corrected chi connectivity index (χ3v) is 7.36. The van der Waals surface area contributed by atoms with E-state index in [4.69, 9.17) is 18.9 Å². The highest BCUT2D eigenvalue weighted by Gasteiger charge is 2.08.